The summed E-state index contributed by atoms with van der Waals surface area (Å²) in [5.74, 6) is -4.64. The third kappa shape index (κ3) is 9.59. The van der Waals surface area contributed by atoms with Crippen molar-refractivity contribution >= 4 is 46.1 Å². The van der Waals surface area contributed by atoms with E-state index in [-0.39, 0.29) is 22.8 Å². The smallest absolute Gasteiger partial charge is 0.360 e. The fourth-order valence-electron chi connectivity index (χ4n) is 6.90. The van der Waals surface area contributed by atoms with Gasteiger partial charge >= 0.3 is 23.9 Å². The molecule has 0 saturated carbocycles. The molecule has 0 bridgehead atoms. The summed E-state index contributed by atoms with van der Waals surface area (Å²) in [4.78, 5) is 62.6. The van der Waals surface area contributed by atoms with Gasteiger partial charge in [-0.05, 0) is 33.9 Å². The number of para-hydroxylation sites is 1. The molecule has 0 unspecified atom stereocenters. The van der Waals surface area contributed by atoms with Crippen molar-refractivity contribution in [2.75, 3.05) is 5.32 Å². The monoisotopic (exact) mass is 845 g/mol. The molecule has 0 fully saturated rings. The Bertz CT molecular complexity index is 2540. The zero-order chi connectivity index (χ0) is 43.5. The van der Waals surface area contributed by atoms with Crippen molar-refractivity contribution < 1.29 is 43.3 Å². The van der Waals surface area contributed by atoms with Gasteiger partial charge < -0.3 is 29.5 Å². The standard InChI is InChI=1S/C49H39N3O9S/c1-32(53)58-41-30-18-29-39(44(41)59-33(2)54)45(47(57)60-43(34-19-8-3-9-20-34)35-21-10-4-11-22-35)61-52-42(46(55)56)40-31-62-48(50-40)51-49(36-23-12-5-13-24-36,37-25-14-6-15-26-37)38-27-16-7-17-28-38/h3-31,43,45H,1-2H3,(H,50,51)(H,55,56)/t45-/m1/s1. The number of rotatable bonds is 16. The molecule has 1 atom stereocenters. The Morgan fingerprint density at radius 2 is 1.13 bits per heavy atom. The maximum atomic E-state index is 14.5. The lowest BCUT2D eigenvalue weighted by molar-refractivity contribution is -0.162. The van der Waals surface area contributed by atoms with Gasteiger partial charge in [0.25, 0.3) is 6.10 Å². The molecule has 1 aromatic heterocycles. The molecular weight excluding hydrogens is 807 g/mol. The van der Waals surface area contributed by atoms with E-state index in [1.165, 1.54) is 23.6 Å². The maximum absolute atomic E-state index is 14.5. The Morgan fingerprint density at radius 3 is 1.60 bits per heavy atom. The van der Waals surface area contributed by atoms with Gasteiger partial charge in [-0.2, -0.15) is 0 Å². The SMILES string of the molecule is CC(=O)Oc1cccc([C@@H](ON=C(C(=O)O)c2csc(NC(c3ccccc3)(c3ccccc3)c3ccccc3)n2)C(=O)OC(c2ccccc2)c2ccccc2)c1OC(C)=O. The van der Waals surface area contributed by atoms with E-state index in [9.17, 15) is 24.3 Å². The van der Waals surface area contributed by atoms with Gasteiger partial charge in [-0.15, -0.1) is 11.3 Å². The van der Waals surface area contributed by atoms with Gasteiger partial charge in [-0.3, -0.25) is 9.59 Å². The van der Waals surface area contributed by atoms with Crippen LogP contribution in [-0.2, 0) is 34.3 Å². The van der Waals surface area contributed by atoms with Crippen LogP contribution < -0.4 is 14.8 Å². The van der Waals surface area contributed by atoms with Crippen LogP contribution in [0.1, 0.15) is 65.1 Å². The van der Waals surface area contributed by atoms with E-state index in [0.29, 0.717) is 16.3 Å². The average Bonchev–Trinajstić information content (AvgIpc) is 3.75. The third-order valence-electron chi connectivity index (χ3n) is 9.56. The summed E-state index contributed by atoms with van der Waals surface area (Å²) in [6, 6.07) is 51.5. The van der Waals surface area contributed by atoms with Crippen LogP contribution in [0.4, 0.5) is 5.13 Å². The first-order valence-corrected chi connectivity index (χ1v) is 20.2. The van der Waals surface area contributed by atoms with Crippen LogP contribution in [0.15, 0.2) is 180 Å². The largest absolute Gasteiger partial charge is 0.476 e. The lowest BCUT2D eigenvalue weighted by Gasteiger charge is -2.36. The van der Waals surface area contributed by atoms with Crippen LogP contribution in [0, 0.1) is 0 Å². The number of ether oxygens (including phenoxy) is 3. The zero-order valence-electron chi connectivity index (χ0n) is 33.4. The molecule has 0 aliphatic carbocycles. The number of esters is 3. The van der Waals surface area contributed by atoms with Crippen molar-refractivity contribution in [2.45, 2.75) is 31.6 Å². The molecular formula is C49H39N3O9S. The highest BCUT2D eigenvalue weighted by Crippen LogP contribution is 2.42. The minimum atomic E-state index is -1.87. The van der Waals surface area contributed by atoms with E-state index in [1.54, 1.807) is 48.5 Å². The molecule has 0 aliphatic rings. The molecule has 7 aromatic rings. The first-order valence-electron chi connectivity index (χ1n) is 19.3. The number of carbonyl (C=O) groups is 4. The van der Waals surface area contributed by atoms with Crippen molar-refractivity contribution in [2.24, 2.45) is 5.16 Å². The van der Waals surface area contributed by atoms with E-state index in [4.69, 9.17) is 24.0 Å². The predicted molar refractivity (Wildman–Crippen MR) is 233 cm³/mol. The number of oxime groups is 1. The number of hydrogen-bond donors (Lipinski definition) is 2. The predicted octanol–water partition coefficient (Wildman–Crippen LogP) is 9.28. The van der Waals surface area contributed by atoms with Gasteiger partial charge in [-0.25, -0.2) is 14.6 Å². The number of aliphatic carboxylic acids is 1. The van der Waals surface area contributed by atoms with Gasteiger partial charge in [0.1, 0.15) is 11.2 Å². The number of thiazole rings is 1. The number of anilines is 1. The number of carboxylic acids is 1. The number of carboxylic acid groups (broad SMARTS) is 1. The van der Waals surface area contributed by atoms with Crippen LogP contribution in [-0.4, -0.2) is 39.7 Å². The summed E-state index contributed by atoms with van der Waals surface area (Å²) in [5, 5.41) is 20.1. The highest BCUT2D eigenvalue weighted by molar-refractivity contribution is 7.14. The molecule has 13 heteroatoms. The van der Waals surface area contributed by atoms with Crippen LogP contribution in [0.2, 0.25) is 0 Å². The number of nitrogens with one attached hydrogen (secondary N) is 1. The van der Waals surface area contributed by atoms with Crippen LogP contribution >= 0.6 is 11.3 Å². The van der Waals surface area contributed by atoms with Gasteiger partial charge in [0, 0.05) is 19.2 Å². The number of carbonyl (C=O) groups excluding carboxylic acids is 3. The molecule has 310 valence electrons. The van der Waals surface area contributed by atoms with E-state index in [1.807, 2.05) is 103 Å². The first-order chi connectivity index (χ1) is 30.1. The fraction of sp³-hybridized carbons (Fsp3) is 0.102. The van der Waals surface area contributed by atoms with Crippen molar-refractivity contribution in [3.63, 3.8) is 0 Å². The Labute approximate surface area is 361 Å². The molecule has 0 radical (unpaired) electrons. The van der Waals surface area contributed by atoms with Crippen molar-refractivity contribution in [1.82, 2.24) is 4.98 Å². The van der Waals surface area contributed by atoms with Gasteiger partial charge in [-0.1, -0.05) is 169 Å². The van der Waals surface area contributed by atoms with E-state index >= 15 is 0 Å². The summed E-state index contributed by atoms with van der Waals surface area (Å²) >= 11 is 1.14. The molecule has 2 N–H and O–H groups in total. The Hall–Kier alpha value is -7.90. The second-order valence-electron chi connectivity index (χ2n) is 13.7. The van der Waals surface area contributed by atoms with Crippen LogP contribution in [0.5, 0.6) is 11.5 Å². The highest BCUT2D eigenvalue weighted by Gasteiger charge is 2.38. The van der Waals surface area contributed by atoms with Crippen LogP contribution in [0.3, 0.4) is 0 Å². The molecule has 1 heterocycles. The second kappa shape index (κ2) is 19.4. The fourth-order valence-corrected chi connectivity index (χ4v) is 7.65. The summed E-state index contributed by atoms with van der Waals surface area (Å²) < 4.78 is 17.0. The van der Waals surface area contributed by atoms with E-state index in [2.05, 4.69) is 10.5 Å². The molecule has 12 nitrogen and oxygen atoms in total. The van der Waals surface area contributed by atoms with Gasteiger partial charge in [0.2, 0.25) is 5.71 Å². The lowest BCUT2D eigenvalue weighted by Crippen LogP contribution is -2.38. The summed E-state index contributed by atoms with van der Waals surface area (Å²) in [5.41, 5.74) is 2.09. The van der Waals surface area contributed by atoms with E-state index < -0.39 is 47.3 Å². The summed E-state index contributed by atoms with van der Waals surface area (Å²) in [6.45, 7) is 2.28. The Balaban J connectivity index is 1.31. The highest BCUT2D eigenvalue weighted by atomic mass is 32.1. The third-order valence-corrected chi connectivity index (χ3v) is 10.3. The van der Waals surface area contributed by atoms with Gasteiger partial charge in [0.05, 0.1) is 5.56 Å². The molecule has 62 heavy (non-hydrogen) atoms. The minimum absolute atomic E-state index is 0.0828. The summed E-state index contributed by atoms with van der Waals surface area (Å²) in [6.07, 6.45) is -2.83. The van der Waals surface area contributed by atoms with E-state index in [0.717, 1.165) is 41.9 Å². The van der Waals surface area contributed by atoms with Crippen molar-refractivity contribution in [3.05, 3.63) is 214 Å². The maximum Gasteiger partial charge on any atom is 0.360 e. The Morgan fingerprint density at radius 1 is 0.645 bits per heavy atom. The lowest BCUT2D eigenvalue weighted by atomic mass is 9.77. The molecule has 7 rings (SSSR count). The molecule has 0 saturated heterocycles. The normalized spacial score (nSPS) is 11.9. The van der Waals surface area contributed by atoms with Gasteiger partial charge in [0.15, 0.2) is 22.7 Å². The first kappa shape index (κ1) is 42.2. The summed E-state index contributed by atoms with van der Waals surface area (Å²) in [7, 11) is 0. The molecule has 6 aromatic carbocycles. The topological polar surface area (TPSA) is 163 Å². The molecule has 0 amide bonds. The Kier molecular flexibility index (Phi) is 13.2. The molecule has 0 aliphatic heterocycles. The molecule has 0 spiro atoms. The minimum Gasteiger partial charge on any atom is -0.476 e. The number of aromatic nitrogens is 1. The second-order valence-corrected chi connectivity index (χ2v) is 14.6. The quantitative estimate of drug-likeness (QED) is 0.0313. The zero-order valence-corrected chi connectivity index (χ0v) is 34.2. The van der Waals surface area contributed by atoms with Crippen LogP contribution in [0.25, 0.3) is 0 Å². The average molecular weight is 846 g/mol. The van der Waals surface area contributed by atoms with Crippen molar-refractivity contribution in [3.8, 4) is 11.5 Å². The van der Waals surface area contributed by atoms with Crippen molar-refractivity contribution in [1.29, 1.82) is 0 Å². The number of benzene rings is 6. The number of nitrogens with zero attached hydrogens (tertiary/aromatic N) is 2. The number of hydrogen-bond acceptors (Lipinski definition) is 12.